The van der Waals surface area contributed by atoms with Crippen LogP contribution in [0.1, 0.15) is 76.8 Å². The molecule has 0 radical (unpaired) electrons. The van der Waals surface area contributed by atoms with Gasteiger partial charge in [-0.15, -0.1) is 0 Å². The van der Waals surface area contributed by atoms with E-state index in [0.29, 0.717) is 17.7 Å². The smallest absolute Gasteiger partial charge is 0.196 e. The van der Waals surface area contributed by atoms with Crippen molar-refractivity contribution in [2.45, 2.75) is 59.3 Å². The first kappa shape index (κ1) is 22.3. The first-order valence-corrected chi connectivity index (χ1v) is 8.95. The van der Waals surface area contributed by atoms with Crippen molar-refractivity contribution >= 4 is 0 Å². The van der Waals surface area contributed by atoms with Crippen LogP contribution in [0.25, 0.3) is 0 Å². The fourth-order valence-corrected chi connectivity index (χ4v) is 1.75. The first-order valence-electron chi connectivity index (χ1n) is 8.95. The predicted octanol–water partition coefficient (Wildman–Crippen LogP) is 5.14. The Hall–Kier alpha value is -2.70. The molecule has 0 bridgehead atoms. The van der Waals surface area contributed by atoms with E-state index in [4.69, 9.17) is 4.42 Å². The van der Waals surface area contributed by atoms with Gasteiger partial charge in [0.25, 0.3) is 0 Å². The molecule has 0 aliphatic carbocycles. The van der Waals surface area contributed by atoms with E-state index >= 15 is 0 Å². The van der Waals surface area contributed by atoms with Crippen LogP contribution < -0.4 is 0 Å². The second-order valence-electron chi connectivity index (χ2n) is 6.70. The van der Waals surface area contributed by atoms with Crippen molar-refractivity contribution in [3.63, 3.8) is 0 Å². The highest BCUT2D eigenvalue weighted by molar-refractivity contribution is 4.95. The highest BCUT2D eigenvalue weighted by Gasteiger charge is 2.01. The molecule has 0 fully saturated rings. The molecule has 0 aliphatic rings. The van der Waals surface area contributed by atoms with Crippen LogP contribution in [0.15, 0.2) is 47.7 Å². The van der Waals surface area contributed by atoms with Crippen molar-refractivity contribution in [2.75, 3.05) is 0 Å². The summed E-state index contributed by atoms with van der Waals surface area (Å²) in [6.45, 7) is 12.2. The summed E-state index contributed by atoms with van der Waals surface area (Å²) in [4.78, 5) is 19.7. The van der Waals surface area contributed by atoms with Gasteiger partial charge in [-0.25, -0.2) is 29.3 Å². The quantitative estimate of drug-likeness (QED) is 0.633. The monoisotopic (exact) mass is 373 g/mol. The van der Waals surface area contributed by atoms with Gasteiger partial charge in [-0.05, 0) is 6.07 Å². The maximum absolute atomic E-state index is 12.2. The lowest BCUT2D eigenvalue weighted by atomic mass is 10.2. The molecule has 146 valence electrons. The molecule has 0 spiro atoms. The Bertz CT molecular complexity index is 729. The van der Waals surface area contributed by atoms with Gasteiger partial charge in [0.2, 0.25) is 0 Å². The van der Waals surface area contributed by atoms with Crippen LogP contribution >= 0.6 is 0 Å². The third-order valence-corrected chi connectivity index (χ3v) is 3.20. The van der Waals surface area contributed by atoms with E-state index in [1.807, 2.05) is 33.8 Å². The molecular weight excluding hydrogens is 345 g/mol. The standard InChI is InChI=1S/C7H9FN2.C7H10N2.C6H9NO/c1-5(2)7-9-3-6(8)4-10-7;1-6(2)7-8-4-3-5-9-7;1-5(2)6-7-3-4-8-6/h3-5H,1-2H3;3-6H,1-2H3;3-5H,1-2H3. The topological polar surface area (TPSA) is 77.6 Å². The molecule has 0 unspecified atom stereocenters. The number of oxazole rings is 1. The summed E-state index contributed by atoms with van der Waals surface area (Å²) in [6, 6.07) is 1.83. The van der Waals surface area contributed by atoms with Gasteiger partial charge in [0.15, 0.2) is 11.7 Å². The Morgan fingerprint density at radius 1 is 0.704 bits per heavy atom. The van der Waals surface area contributed by atoms with E-state index in [9.17, 15) is 4.39 Å². The number of aromatic nitrogens is 5. The van der Waals surface area contributed by atoms with Crippen LogP contribution in [0.5, 0.6) is 0 Å². The summed E-state index contributed by atoms with van der Waals surface area (Å²) in [7, 11) is 0. The largest absolute Gasteiger partial charge is 0.449 e. The average molecular weight is 373 g/mol. The van der Waals surface area contributed by atoms with Gasteiger partial charge in [-0.1, -0.05) is 41.5 Å². The molecule has 0 saturated heterocycles. The van der Waals surface area contributed by atoms with Crippen LogP contribution in [-0.2, 0) is 0 Å². The SMILES string of the molecule is CC(C)c1ncc(F)cn1.CC(C)c1ncccn1.CC(C)c1ncco1. The van der Waals surface area contributed by atoms with Gasteiger partial charge < -0.3 is 4.42 Å². The van der Waals surface area contributed by atoms with Crippen LogP contribution in [0, 0.1) is 5.82 Å². The molecule has 0 N–H and O–H groups in total. The molecular formula is C20H28FN5O. The molecule has 3 aromatic rings. The second kappa shape index (κ2) is 11.8. The molecule has 0 saturated carbocycles. The van der Waals surface area contributed by atoms with Crippen LogP contribution in [0.2, 0.25) is 0 Å². The lowest BCUT2D eigenvalue weighted by molar-refractivity contribution is 0.471. The van der Waals surface area contributed by atoms with E-state index in [0.717, 1.165) is 11.7 Å². The summed E-state index contributed by atoms with van der Waals surface area (Å²) < 4.78 is 17.2. The minimum Gasteiger partial charge on any atom is -0.449 e. The molecule has 0 atom stereocenters. The molecule has 0 amide bonds. The fourth-order valence-electron chi connectivity index (χ4n) is 1.75. The summed E-state index contributed by atoms with van der Waals surface area (Å²) in [6.07, 6.45) is 9.15. The molecule has 0 aliphatic heterocycles. The summed E-state index contributed by atoms with van der Waals surface area (Å²) >= 11 is 0. The summed E-state index contributed by atoms with van der Waals surface area (Å²) in [5, 5.41) is 0. The zero-order valence-electron chi connectivity index (χ0n) is 16.8. The van der Waals surface area contributed by atoms with Gasteiger partial charge in [0, 0.05) is 30.1 Å². The molecule has 27 heavy (non-hydrogen) atoms. The Morgan fingerprint density at radius 3 is 1.56 bits per heavy atom. The van der Waals surface area contributed by atoms with E-state index in [-0.39, 0.29) is 11.7 Å². The minimum absolute atomic E-state index is 0.264. The van der Waals surface area contributed by atoms with Gasteiger partial charge in [-0.3, -0.25) is 0 Å². The van der Waals surface area contributed by atoms with E-state index in [1.165, 1.54) is 12.4 Å². The maximum Gasteiger partial charge on any atom is 0.196 e. The summed E-state index contributed by atoms with van der Waals surface area (Å²) in [5.41, 5.74) is 0. The lowest BCUT2D eigenvalue weighted by Gasteiger charge is -1.99. The number of hydrogen-bond acceptors (Lipinski definition) is 6. The van der Waals surface area contributed by atoms with E-state index in [2.05, 4.69) is 38.8 Å². The highest BCUT2D eigenvalue weighted by Crippen LogP contribution is 2.09. The van der Waals surface area contributed by atoms with Crippen LogP contribution in [0.3, 0.4) is 0 Å². The third kappa shape index (κ3) is 8.99. The molecule has 7 heteroatoms. The number of halogens is 1. The van der Waals surface area contributed by atoms with Gasteiger partial charge in [0.1, 0.15) is 17.9 Å². The molecule has 3 aromatic heterocycles. The molecule has 6 nitrogen and oxygen atoms in total. The van der Waals surface area contributed by atoms with Crippen molar-refractivity contribution in [1.29, 1.82) is 0 Å². The normalized spacial score (nSPS) is 10.3. The van der Waals surface area contributed by atoms with Crippen molar-refractivity contribution in [2.24, 2.45) is 0 Å². The molecule has 0 aromatic carbocycles. The summed E-state index contributed by atoms with van der Waals surface area (Å²) in [5.74, 6) is 3.13. The lowest BCUT2D eigenvalue weighted by Crippen LogP contribution is -1.96. The second-order valence-corrected chi connectivity index (χ2v) is 6.70. The van der Waals surface area contributed by atoms with Crippen molar-refractivity contribution in [3.8, 4) is 0 Å². The molecule has 3 rings (SSSR count). The maximum atomic E-state index is 12.2. The zero-order valence-corrected chi connectivity index (χ0v) is 16.8. The third-order valence-electron chi connectivity index (χ3n) is 3.20. The minimum atomic E-state index is -0.385. The van der Waals surface area contributed by atoms with Crippen molar-refractivity contribution in [1.82, 2.24) is 24.9 Å². The number of nitrogens with zero attached hydrogens (tertiary/aromatic N) is 5. The van der Waals surface area contributed by atoms with Crippen molar-refractivity contribution in [3.05, 3.63) is 66.7 Å². The Balaban J connectivity index is 0.000000204. The van der Waals surface area contributed by atoms with E-state index in [1.54, 1.807) is 24.9 Å². The number of hydrogen-bond donors (Lipinski definition) is 0. The Labute approximate surface area is 160 Å². The van der Waals surface area contributed by atoms with Crippen LogP contribution in [-0.4, -0.2) is 24.9 Å². The highest BCUT2D eigenvalue weighted by atomic mass is 19.1. The van der Waals surface area contributed by atoms with Gasteiger partial charge in [-0.2, -0.15) is 0 Å². The molecule has 3 heterocycles. The van der Waals surface area contributed by atoms with E-state index < -0.39 is 0 Å². The first-order chi connectivity index (χ1) is 12.8. The van der Waals surface area contributed by atoms with Gasteiger partial charge >= 0.3 is 0 Å². The Morgan fingerprint density at radius 2 is 1.22 bits per heavy atom. The zero-order chi connectivity index (χ0) is 20.2. The van der Waals surface area contributed by atoms with Crippen molar-refractivity contribution < 1.29 is 8.81 Å². The fraction of sp³-hybridized carbons (Fsp3) is 0.450. The van der Waals surface area contributed by atoms with Gasteiger partial charge in [0.05, 0.1) is 18.6 Å². The average Bonchev–Trinajstić information content (AvgIpc) is 3.19. The Kier molecular flexibility index (Phi) is 9.79. The van der Waals surface area contributed by atoms with Crippen LogP contribution in [0.4, 0.5) is 4.39 Å². The predicted molar refractivity (Wildman–Crippen MR) is 103 cm³/mol. The number of rotatable bonds is 3.